The van der Waals surface area contributed by atoms with Gasteiger partial charge in [0.25, 0.3) is 5.91 Å². The van der Waals surface area contributed by atoms with Gasteiger partial charge >= 0.3 is 0 Å². The van der Waals surface area contributed by atoms with Gasteiger partial charge < -0.3 is 20.8 Å². The second-order valence-corrected chi connectivity index (χ2v) is 13.1. The van der Waals surface area contributed by atoms with Gasteiger partial charge in [-0.1, -0.05) is 11.6 Å². The Hall–Kier alpha value is -2.60. The lowest BCUT2D eigenvalue weighted by Gasteiger charge is -2.58. The molecule has 2 amide bonds. The van der Waals surface area contributed by atoms with Crippen LogP contribution in [0.25, 0.3) is 0 Å². The first kappa shape index (κ1) is 27.0. The van der Waals surface area contributed by atoms with Gasteiger partial charge in [-0.2, -0.15) is 0 Å². The summed E-state index contributed by atoms with van der Waals surface area (Å²) >= 11 is 6.23. The predicted octanol–water partition coefficient (Wildman–Crippen LogP) is 3.06. The normalized spacial score (nSPS) is 30.1. The number of fused-ring (bicyclic) bond motifs is 2. The van der Waals surface area contributed by atoms with Gasteiger partial charge in [0.1, 0.15) is 0 Å². The summed E-state index contributed by atoms with van der Waals surface area (Å²) in [7, 11) is -3.98. The van der Waals surface area contributed by atoms with Gasteiger partial charge in [0, 0.05) is 29.8 Å². The lowest BCUT2D eigenvalue weighted by molar-refractivity contribution is -0.175. The fourth-order valence-corrected chi connectivity index (χ4v) is 8.19. The number of carbonyl (C=O) groups excluding carboxylic acids is 2. The molecular formula is C26H27ClF2N2O6S. The number of aliphatic hydroxyl groups is 2. The first-order valence-corrected chi connectivity index (χ1v) is 14.3. The Morgan fingerprint density at radius 3 is 2.32 bits per heavy atom. The molecule has 4 atom stereocenters. The van der Waals surface area contributed by atoms with Crippen LogP contribution in [0.2, 0.25) is 5.02 Å². The third kappa shape index (κ3) is 4.81. The zero-order chi connectivity index (χ0) is 27.4. The number of nitrogens with one attached hydrogen (secondary N) is 2. The van der Waals surface area contributed by atoms with Crippen LogP contribution in [0.1, 0.15) is 42.5 Å². The zero-order valence-corrected chi connectivity index (χ0v) is 21.7. The summed E-state index contributed by atoms with van der Waals surface area (Å²) in [6.45, 7) is 0.0287. The van der Waals surface area contributed by atoms with E-state index < -0.39 is 44.3 Å². The summed E-state index contributed by atoms with van der Waals surface area (Å²) in [5.41, 5.74) is -1.22. The fraction of sp³-hybridized carbons (Fsp3) is 0.462. The Morgan fingerprint density at radius 2 is 1.68 bits per heavy atom. The molecule has 4 N–H and O–H groups in total. The van der Waals surface area contributed by atoms with Crippen molar-refractivity contribution in [3.05, 3.63) is 58.6 Å². The van der Waals surface area contributed by atoms with Crippen molar-refractivity contribution in [2.75, 3.05) is 11.9 Å². The van der Waals surface area contributed by atoms with Crippen molar-refractivity contribution in [1.82, 2.24) is 5.32 Å². The van der Waals surface area contributed by atoms with E-state index in [4.69, 9.17) is 11.6 Å². The molecular weight excluding hydrogens is 542 g/mol. The van der Waals surface area contributed by atoms with Crippen LogP contribution in [0, 0.1) is 29.4 Å². The Labute approximate surface area is 223 Å². The number of rotatable bonds is 7. The summed E-state index contributed by atoms with van der Waals surface area (Å²) in [5, 5.41) is 24.8. The van der Waals surface area contributed by atoms with E-state index in [0.29, 0.717) is 19.3 Å². The third-order valence-corrected chi connectivity index (χ3v) is 10.9. The summed E-state index contributed by atoms with van der Waals surface area (Å²) in [5.74, 6) is -4.07. The van der Waals surface area contributed by atoms with Crippen LogP contribution in [0.3, 0.4) is 0 Å². The van der Waals surface area contributed by atoms with E-state index >= 15 is 0 Å². The van der Waals surface area contributed by atoms with Gasteiger partial charge in [-0.15, -0.1) is 0 Å². The molecule has 8 nitrogen and oxygen atoms in total. The molecule has 0 radical (unpaired) electrons. The van der Waals surface area contributed by atoms with Gasteiger partial charge in [-0.25, -0.2) is 17.2 Å². The number of halogens is 3. The van der Waals surface area contributed by atoms with Crippen LogP contribution >= 0.6 is 11.6 Å². The molecule has 4 fully saturated rings. The van der Waals surface area contributed by atoms with Crippen LogP contribution in [0.15, 0.2) is 41.3 Å². The van der Waals surface area contributed by atoms with E-state index in [0.717, 1.165) is 18.2 Å². The summed E-state index contributed by atoms with van der Waals surface area (Å²) in [6.07, 6.45) is 1.33. The predicted molar refractivity (Wildman–Crippen MR) is 134 cm³/mol. The minimum absolute atomic E-state index is 0.000453. The molecule has 2 aromatic carbocycles. The molecule has 6 rings (SSSR count). The average Bonchev–Trinajstić information content (AvgIpc) is 2.87. The molecule has 2 aromatic rings. The van der Waals surface area contributed by atoms with Gasteiger partial charge in [-0.3, -0.25) is 9.59 Å². The van der Waals surface area contributed by atoms with Gasteiger partial charge in [-0.05, 0) is 74.3 Å². The van der Waals surface area contributed by atoms with Crippen molar-refractivity contribution in [1.29, 1.82) is 0 Å². The third-order valence-electron chi connectivity index (χ3n) is 8.22. The quantitative estimate of drug-likeness (QED) is 0.406. The smallest absolute Gasteiger partial charge is 0.255 e. The Balaban J connectivity index is 1.27. The van der Waals surface area contributed by atoms with E-state index in [9.17, 15) is 37.0 Å². The molecule has 0 heterocycles. The monoisotopic (exact) mass is 568 g/mol. The van der Waals surface area contributed by atoms with Crippen molar-refractivity contribution >= 4 is 38.9 Å². The molecule has 204 valence electrons. The number of aliphatic hydroxyl groups excluding tert-OH is 1. The second-order valence-electron chi connectivity index (χ2n) is 10.5. The van der Waals surface area contributed by atoms with Gasteiger partial charge in [0.15, 0.2) is 21.5 Å². The maximum atomic E-state index is 13.6. The van der Waals surface area contributed by atoms with Crippen LogP contribution in [0.5, 0.6) is 0 Å². The zero-order valence-electron chi connectivity index (χ0n) is 20.2. The maximum Gasteiger partial charge on any atom is 0.255 e. The van der Waals surface area contributed by atoms with Crippen LogP contribution in [0.4, 0.5) is 14.5 Å². The molecule has 0 saturated heterocycles. The molecule has 4 saturated carbocycles. The SMILES string of the molecule is O=C(Nc1ccc(F)c(F)c1)c1ccc(Cl)c(S(=O)(=O)C2CC3C[C@@H](C2)[C@@]3(O)CNC(=O)C2CC(O)C2)c1. The van der Waals surface area contributed by atoms with Gasteiger partial charge in [0.05, 0.1) is 26.9 Å². The first-order valence-electron chi connectivity index (χ1n) is 12.4. The lowest BCUT2D eigenvalue weighted by Crippen LogP contribution is -2.66. The van der Waals surface area contributed by atoms with Gasteiger partial charge in [0.2, 0.25) is 5.91 Å². The molecule has 38 heavy (non-hydrogen) atoms. The Morgan fingerprint density at radius 1 is 1.00 bits per heavy atom. The molecule has 4 aliphatic rings. The number of amides is 2. The second kappa shape index (κ2) is 9.86. The summed E-state index contributed by atoms with van der Waals surface area (Å²) < 4.78 is 53.8. The highest BCUT2D eigenvalue weighted by Gasteiger charge is 2.60. The number of sulfone groups is 1. The Bertz CT molecular complexity index is 1390. The topological polar surface area (TPSA) is 133 Å². The number of hydrogen-bond donors (Lipinski definition) is 4. The van der Waals surface area contributed by atoms with E-state index in [2.05, 4.69) is 10.6 Å². The van der Waals surface area contributed by atoms with Crippen LogP contribution < -0.4 is 10.6 Å². The van der Waals surface area contributed by atoms with Crippen molar-refractivity contribution in [2.24, 2.45) is 17.8 Å². The van der Waals surface area contributed by atoms with Crippen LogP contribution in [-0.4, -0.2) is 53.9 Å². The van der Waals surface area contributed by atoms with E-state index in [1.54, 1.807) is 0 Å². The minimum Gasteiger partial charge on any atom is -0.393 e. The number of benzene rings is 2. The largest absolute Gasteiger partial charge is 0.393 e. The Kier molecular flexibility index (Phi) is 7.00. The van der Waals surface area contributed by atoms with E-state index in [1.807, 2.05) is 0 Å². The standard InChI is InChI=1S/C26H27ClF2N2O6S/c27-20-3-1-13(25(34)31-17-2-4-21(28)22(29)11-17)7-23(20)38(36,37)19-9-15-8-16(10-19)26(15,35)12-30-24(33)14-5-18(32)6-14/h1-4,7,11,14-16,18-19,32,35H,5-6,8-10,12H2,(H,30,33)(H,31,34)/t14?,15-,16?,18?,19?,26-/m0/s1. The number of anilines is 1. The maximum absolute atomic E-state index is 13.6. The highest BCUT2D eigenvalue weighted by molar-refractivity contribution is 7.92. The fourth-order valence-electron chi connectivity index (χ4n) is 5.79. The molecule has 2 unspecified atom stereocenters. The van der Waals surface area contributed by atoms with Crippen molar-refractivity contribution in [2.45, 2.75) is 54.0 Å². The molecule has 0 aromatic heterocycles. The van der Waals surface area contributed by atoms with E-state index in [-0.39, 0.29) is 64.2 Å². The molecule has 12 heteroatoms. The highest BCUT2D eigenvalue weighted by Crippen LogP contribution is 2.55. The van der Waals surface area contributed by atoms with Crippen molar-refractivity contribution in [3.63, 3.8) is 0 Å². The molecule has 2 bridgehead atoms. The summed E-state index contributed by atoms with van der Waals surface area (Å²) in [6, 6.07) is 6.64. The molecule has 4 aliphatic carbocycles. The minimum atomic E-state index is -3.98. The first-order chi connectivity index (χ1) is 17.9. The lowest BCUT2D eigenvalue weighted by atomic mass is 9.53. The average molecular weight is 569 g/mol. The highest BCUT2D eigenvalue weighted by atomic mass is 35.5. The molecule has 0 spiro atoms. The number of carbonyl (C=O) groups is 2. The van der Waals surface area contributed by atoms with Crippen molar-refractivity contribution < 1.29 is 37.0 Å². The van der Waals surface area contributed by atoms with Crippen molar-refractivity contribution in [3.8, 4) is 0 Å². The number of hydrogen-bond acceptors (Lipinski definition) is 6. The van der Waals surface area contributed by atoms with E-state index in [1.165, 1.54) is 18.2 Å². The molecule has 0 aliphatic heterocycles. The summed E-state index contributed by atoms with van der Waals surface area (Å²) in [4.78, 5) is 24.7. The van der Waals surface area contributed by atoms with Crippen LogP contribution in [-0.2, 0) is 14.6 Å².